The van der Waals surface area contributed by atoms with Gasteiger partial charge in [0, 0.05) is 25.9 Å². The Morgan fingerprint density at radius 3 is 2.71 bits per heavy atom. The molecule has 0 saturated heterocycles. The molecule has 0 bridgehead atoms. The summed E-state index contributed by atoms with van der Waals surface area (Å²) in [6.07, 6.45) is 1.34. The van der Waals surface area contributed by atoms with Crippen LogP contribution in [0.5, 0.6) is 5.75 Å². The normalized spacial score (nSPS) is 10.4. The smallest absolute Gasteiger partial charge is 0.256 e. The minimum absolute atomic E-state index is 0.111. The zero-order valence-corrected chi connectivity index (χ0v) is 18.9. The lowest BCUT2D eigenvalue weighted by Gasteiger charge is -2.16. The molecule has 0 radical (unpaired) electrons. The van der Waals surface area contributed by atoms with Crippen LogP contribution in [-0.4, -0.2) is 40.2 Å². The molecule has 4 rings (SSSR count). The Morgan fingerprint density at radius 1 is 1.20 bits per heavy atom. The minimum Gasteiger partial charge on any atom is -0.494 e. The van der Waals surface area contributed by atoms with Crippen molar-refractivity contribution in [1.82, 2.24) is 25.4 Å². The van der Waals surface area contributed by atoms with Gasteiger partial charge >= 0.3 is 0 Å². The molecule has 2 heterocycles. The van der Waals surface area contributed by atoms with Crippen LogP contribution in [0.15, 0.2) is 47.1 Å². The summed E-state index contributed by atoms with van der Waals surface area (Å²) in [5, 5.41) is 21.6. The fourth-order valence-corrected chi connectivity index (χ4v) is 3.22. The van der Waals surface area contributed by atoms with Crippen molar-refractivity contribution < 1.29 is 18.4 Å². The predicted octanol–water partition coefficient (Wildman–Crippen LogP) is 3.70. The van der Waals surface area contributed by atoms with Crippen molar-refractivity contribution in [2.75, 3.05) is 24.8 Å². The second kappa shape index (κ2) is 9.84. The lowest BCUT2D eigenvalue weighted by atomic mass is 10.1. The number of anilines is 4. The van der Waals surface area contributed by atoms with E-state index in [1.165, 1.54) is 32.5 Å². The lowest BCUT2D eigenvalue weighted by Crippen LogP contribution is -2.20. The quantitative estimate of drug-likeness (QED) is 0.362. The zero-order chi connectivity index (χ0) is 24.9. The Hall–Kier alpha value is -5.05. The van der Waals surface area contributed by atoms with Crippen LogP contribution in [0.25, 0.3) is 11.4 Å². The number of benzene rings is 2. The topological polar surface area (TPSA) is 151 Å². The monoisotopic (exact) mass is 474 g/mol. The summed E-state index contributed by atoms with van der Waals surface area (Å²) < 4.78 is 24.3. The fraction of sp³-hybridized carbons (Fsp3) is 0.130. The van der Waals surface area contributed by atoms with Gasteiger partial charge in [-0.25, -0.2) is 9.37 Å². The van der Waals surface area contributed by atoms with Gasteiger partial charge in [0.15, 0.2) is 5.75 Å². The SMILES string of the molecule is CNC(=O)c1cnc(Nc2ccc(F)c(C#N)c2)nc1Nc1cccc(-c2noc(C)n2)c1OC. The highest BCUT2D eigenvalue weighted by Crippen LogP contribution is 2.37. The zero-order valence-electron chi connectivity index (χ0n) is 18.9. The molecular formula is C23H19FN8O3. The average Bonchev–Trinajstić information content (AvgIpc) is 3.30. The number of carbonyl (C=O) groups is 1. The number of carbonyl (C=O) groups excluding carboxylic acids is 1. The number of amides is 1. The van der Waals surface area contributed by atoms with Gasteiger partial charge in [0.05, 0.1) is 23.9 Å². The molecule has 0 unspecified atom stereocenters. The number of nitrogens with zero attached hydrogens (tertiary/aromatic N) is 5. The second-order valence-electron chi connectivity index (χ2n) is 7.11. The minimum atomic E-state index is -0.639. The van der Waals surface area contributed by atoms with E-state index in [2.05, 4.69) is 36.1 Å². The number of rotatable bonds is 7. The summed E-state index contributed by atoms with van der Waals surface area (Å²) >= 11 is 0. The maximum Gasteiger partial charge on any atom is 0.256 e. The molecule has 1 amide bonds. The van der Waals surface area contributed by atoms with E-state index in [0.29, 0.717) is 34.4 Å². The van der Waals surface area contributed by atoms with Crippen LogP contribution in [0.2, 0.25) is 0 Å². The van der Waals surface area contributed by atoms with Crippen LogP contribution in [0, 0.1) is 24.1 Å². The Morgan fingerprint density at radius 2 is 2.03 bits per heavy atom. The number of nitriles is 1. The van der Waals surface area contributed by atoms with E-state index in [9.17, 15) is 9.18 Å². The van der Waals surface area contributed by atoms with E-state index in [1.807, 2.05) is 0 Å². The molecule has 11 nitrogen and oxygen atoms in total. The molecule has 0 aliphatic rings. The molecule has 0 fully saturated rings. The number of hydrogen-bond acceptors (Lipinski definition) is 10. The maximum atomic E-state index is 13.7. The number of ether oxygens (including phenoxy) is 1. The van der Waals surface area contributed by atoms with E-state index in [-0.39, 0.29) is 22.9 Å². The highest BCUT2D eigenvalue weighted by Gasteiger charge is 2.19. The third-order valence-electron chi connectivity index (χ3n) is 4.84. The van der Waals surface area contributed by atoms with Gasteiger partial charge in [-0.1, -0.05) is 11.2 Å². The van der Waals surface area contributed by atoms with Gasteiger partial charge in [-0.3, -0.25) is 4.79 Å². The molecule has 0 aliphatic heterocycles. The first-order valence-corrected chi connectivity index (χ1v) is 10.2. The molecule has 176 valence electrons. The van der Waals surface area contributed by atoms with Gasteiger partial charge in [-0.05, 0) is 30.3 Å². The van der Waals surface area contributed by atoms with Crippen LogP contribution < -0.4 is 20.7 Å². The lowest BCUT2D eigenvalue weighted by molar-refractivity contribution is 0.0963. The standard InChI is InChI=1S/C23H19FN8O3/c1-12-28-21(32-35-12)15-5-4-6-18(19(15)34-3)30-20-16(22(33)26-2)11-27-23(31-20)29-14-7-8-17(24)13(9-14)10-25/h4-9,11H,1-3H3,(H,26,33)(H2,27,29,30,31). The molecule has 0 saturated carbocycles. The number of nitrogens with one attached hydrogen (secondary N) is 3. The van der Waals surface area contributed by atoms with Crippen molar-refractivity contribution in [2.24, 2.45) is 0 Å². The average molecular weight is 474 g/mol. The van der Waals surface area contributed by atoms with E-state index in [1.54, 1.807) is 31.2 Å². The van der Waals surface area contributed by atoms with Crippen molar-refractivity contribution in [3.8, 4) is 23.2 Å². The van der Waals surface area contributed by atoms with Crippen LogP contribution in [0.3, 0.4) is 0 Å². The first-order chi connectivity index (χ1) is 16.9. The summed E-state index contributed by atoms with van der Waals surface area (Å²) in [5.74, 6) is 0.361. The van der Waals surface area contributed by atoms with Crippen LogP contribution in [-0.2, 0) is 0 Å². The third-order valence-corrected chi connectivity index (χ3v) is 4.84. The van der Waals surface area contributed by atoms with Crippen molar-refractivity contribution in [3.63, 3.8) is 0 Å². The van der Waals surface area contributed by atoms with Gasteiger partial charge in [-0.15, -0.1) is 0 Å². The van der Waals surface area contributed by atoms with Gasteiger partial charge in [-0.2, -0.15) is 15.2 Å². The molecule has 0 spiro atoms. The first kappa shape index (κ1) is 23.1. The van der Waals surface area contributed by atoms with E-state index < -0.39 is 11.7 Å². The molecule has 0 atom stereocenters. The fourth-order valence-electron chi connectivity index (χ4n) is 3.22. The number of aromatic nitrogens is 4. The summed E-state index contributed by atoms with van der Waals surface area (Å²) in [4.78, 5) is 25.3. The van der Waals surface area contributed by atoms with Crippen molar-refractivity contribution in [2.45, 2.75) is 6.92 Å². The highest BCUT2D eigenvalue weighted by molar-refractivity contribution is 5.99. The predicted molar refractivity (Wildman–Crippen MR) is 124 cm³/mol. The van der Waals surface area contributed by atoms with E-state index in [0.717, 1.165) is 6.07 Å². The molecule has 4 aromatic rings. The van der Waals surface area contributed by atoms with Crippen LogP contribution in [0.1, 0.15) is 21.8 Å². The van der Waals surface area contributed by atoms with Crippen molar-refractivity contribution in [3.05, 3.63) is 65.4 Å². The number of halogens is 1. The number of methoxy groups -OCH3 is 1. The van der Waals surface area contributed by atoms with Crippen molar-refractivity contribution in [1.29, 1.82) is 5.26 Å². The van der Waals surface area contributed by atoms with Gasteiger partial charge in [0.2, 0.25) is 17.7 Å². The number of aryl methyl sites for hydroxylation is 1. The molecule has 3 N–H and O–H groups in total. The largest absolute Gasteiger partial charge is 0.494 e. The molecular weight excluding hydrogens is 455 g/mol. The molecule has 2 aromatic heterocycles. The van der Waals surface area contributed by atoms with Crippen LogP contribution in [0.4, 0.5) is 27.5 Å². The second-order valence-corrected chi connectivity index (χ2v) is 7.11. The summed E-state index contributed by atoms with van der Waals surface area (Å²) in [5.41, 5.74) is 1.48. The molecule has 2 aromatic carbocycles. The maximum absolute atomic E-state index is 13.7. The summed E-state index contributed by atoms with van der Waals surface area (Å²) in [7, 11) is 2.98. The van der Waals surface area contributed by atoms with E-state index >= 15 is 0 Å². The Balaban J connectivity index is 1.73. The molecule has 35 heavy (non-hydrogen) atoms. The van der Waals surface area contributed by atoms with Gasteiger partial charge in [0.1, 0.15) is 23.3 Å². The Kier molecular flexibility index (Phi) is 6.50. The molecule has 12 heteroatoms. The Bertz CT molecular complexity index is 1450. The highest BCUT2D eigenvalue weighted by atomic mass is 19.1. The van der Waals surface area contributed by atoms with Gasteiger partial charge in [0.25, 0.3) is 5.91 Å². The van der Waals surface area contributed by atoms with Crippen molar-refractivity contribution >= 4 is 29.0 Å². The first-order valence-electron chi connectivity index (χ1n) is 10.2. The van der Waals surface area contributed by atoms with Gasteiger partial charge < -0.3 is 25.2 Å². The van der Waals surface area contributed by atoms with E-state index in [4.69, 9.17) is 14.5 Å². The Labute approximate surface area is 199 Å². The summed E-state index contributed by atoms with van der Waals surface area (Å²) in [6, 6.07) is 11.0. The third kappa shape index (κ3) is 4.83. The number of para-hydroxylation sites is 1. The number of hydrogen-bond donors (Lipinski definition) is 3. The van der Waals surface area contributed by atoms with Crippen LogP contribution >= 0.6 is 0 Å². The summed E-state index contributed by atoms with van der Waals surface area (Å²) in [6.45, 7) is 1.68. The molecule has 0 aliphatic carbocycles.